The van der Waals surface area contributed by atoms with Crippen LogP contribution < -0.4 is 5.32 Å². The van der Waals surface area contributed by atoms with E-state index < -0.39 is 10.8 Å². The van der Waals surface area contributed by atoms with Crippen molar-refractivity contribution in [3.8, 4) is 0 Å². The van der Waals surface area contributed by atoms with E-state index in [9.17, 15) is 14.9 Å². The standard InChI is InChI=1S/C18H19ClN2O3/c1-4-17(13-6-5-11(2)12(3)9-13)20-18(22)15-10-14(21(23)24)7-8-16(15)19/h5-10,17H,4H2,1-3H3,(H,20,22)/t17-/m1/s1. The highest BCUT2D eigenvalue weighted by molar-refractivity contribution is 6.33. The third-order valence-electron chi connectivity index (χ3n) is 4.05. The van der Waals surface area contributed by atoms with Gasteiger partial charge in [-0.15, -0.1) is 0 Å². The Bertz CT molecular complexity index is 790. The first kappa shape index (κ1) is 17.9. The molecule has 0 aliphatic rings. The maximum Gasteiger partial charge on any atom is 0.270 e. The number of amides is 1. The highest BCUT2D eigenvalue weighted by atomic mass is 35.5. The lowest BCUT2D eigenvalue weighted by Crippen LogP contribution is -2.28. The molecule has 2 aromatic carbocycles. The molecule has 2 rings (SSSR count). The van der Waals surface area contributed by atoms with Crippen LogP contribution >= 0.6 is 11.6 Å². The molecule has 0 aliphatic heterocycles. The first-order valence-corrected chi connectivity index (χ1v) is 8.03. The lowest BCUT2D eigenvalue weighted by atomic mass is 9.99. The van der Waals surface area contributed by atoms with Gasteiger partial charge >= 0.3 is 0 Å². The molecule has 0 spiro atoms. The SMILES string of the molecule is CC[C@@H](NC(=O)c1cc([N+](=O)[O-])ccc1Cl)c1ccc(C)c(C)c1. The van der Waals surface area contributed by atoms with E-state index in [1.54, 1.807) is 0 Å². The molecule has 0 fully saturated rings. The highest BCUT2D eigenvalue weighted by Crippen LogP contribution is 2.24. The third-order valence-corrected chi connectivity index (χ3v) is 4.38. The second-order valence-electron chi connectivity index (χ2n) is 5.70. The number of carbonyl (C=O) groups excluding carboxylic acids is 1. The highest BCUT2D eigenvalue weighted by Gasteiger charge is 2.19. The van der Waals surface area contributed by atoms with Crippen LogP contribution in [0.3, 0.4) is 0 Å². The number of nitro groups is 1. The molecule has 0 unspecified atom stereocenters. The minimum atomic E-state index is -0.548. The molecule has 0 radical (unpaired) electrons. The molecule has 1 atom stereocenters. The first-order chi connectivity index (χ1) is 11.3. The summed E-state index contributed by atoms with van der Waals surface area (Å²) < 4.78 is 0. The van der Waals surface area contributed by atoms with Crippen molar-refractivity contribution in [1.29, 1.82) is 0 Å². The molecule has 0 bridgehead atoms. The Balaban J connectivity index is 2.28. The van der Waals surface area contributed by atoms with Gasteiger partial charge in [0.25, 0.3) is 11.6 Å². The number of rotatable bonds is 5. The van der Waals surface area contributed by atoms with E-state index >= 15 is 0 Å². The number of non-ortho nitro benzene ring substituents is 1. The van der Waals surface area contributed by atoms with Crippen LogP contribution in [-0.2, 0) is 0 Å². The number of hydrogen-bond acceptors (Lipinski definition) is 3. The summed E-state index contributed by atoms with van der Waals surface area (Å²) in [6.07, 6.45) is 0.695. The Kier molecular flexibility index (Phi) is 5.57. The second-order valence-corrected chi connectivity index (χ2v) is 6.11. The van der Waals surface area contributed by atoms with Crippen molar-refractivity contribution < 1.29 is 9.72 Å². The smallest absolute Gasteiger partial charge is 0.270 e. The Morgan fingerprint density at radius 2 is 1.92 bits per heavy atom. The zero-order valence-corrected chi connectivity index (χ0v) is 14.6. The van der Waals surface area contributed by atoms with E-state index in [1.807, 2.05) is 39.0 Å². The Morgan fingerprint density at radius 3 is 2.50 bits per heavy atom. The maximum absolute atomic E-state index is 12.5. The van der Waals surface area contributed by atoms with Gasteiger partial charge < -0.3 is 5.32 Å². The summed E-state index contributed by atoms with van der Waals surface area (Å²) in [5, 5.41) is 14.0. The largest absolute Gasteiger partial charge is 0.345 e. The summed E-state index contributed by atoms with van der Waals surface area (Å²) in [7, 11) is 0. The van der Waals surface area contributed by atoms with Crippen molar-refractivity contribution in [2.24, 2.45) is 0 Å². The average Bonchev–Trinajstić information content (AvgIpc) is 2.55. The van der Waals surface area contributed by atoms with Gasteiger partial charge in [0.2, 0.25) is 0 Å². The molecule has 0 aliphatic carbocycles. The van der Waals surface area contributed by atoms with Gasteiger partial charge in [-0.25, -0.2) is 0 Å². The monoisotopic (exact) mass is 346 g/mol. The minimum Gasteiger partial charge on any atom is -0.345 e. The lowest BCUT2D eigenvalue weighted by molar-refractivity contribution is -0.384. The predicted molar refractivity (Wildman–Crippen MR) is 94.5 cm³/mol. The van der Waals surface area contributed by atoms with Crippen LogP contribution in [-0.4, -0.2) is 10.8 Å². The van der Waals surface area contributed by atoms with Gasteiger partial charge in [-0.3, -0.25) is 14.9 Å². The predicted octanol–water partition coefficient (Wildman–Crippen LogP) is 4.75. The molecule has 1 N–H and O–H groups in total. The number of nitrogens with one attached hydrogen (secondary N) is 1. The van der Waals surface area contributed by atoms with Gasteiger partial charge in [-0.05, 0) is 43.0 Å². The van der Waals surface area contributed by atoms with Gasteiger partial charge in [-0.1, -0.05) is 36.7 Å². The molecule has 2 aromatic rings. The number of hydrogen-bond donors (Lipinski definition) is 1. The van der Waals surface area contributed by atoms with Crippen LogP contribution in [0.5, 0.6) is 0 Å². The van der Waals surface area contributed by atoms with Gasteiger partial charge in [-0.2, -0.15) is 0 Å². The molecular weight excluding hydrogens is 328 g/mol. The molecule has 0 saturated heterocycles. The second kappa shape index (κ2) is 7.45. The van der Waals surface area contributed by atoms with Crippen molar-refractivity contribution in [1.82, 2.24) is 5.32 Å². The van der Waals surface area contributed by atoms with E-state index in [1.165, 1.54) is 23.8 Å². The van der Waals surface area contributed by atoms with Crippen LogP contribution in [0.15, 0.2) is 36.4 Å². The van der Waals surface area contributed by atoms with Crippen molar-refractivity contribution in [3.63, 3.8) is 0 Å². The molecule has 1 amide bonds. The molecule has 6 heteroatoms. The van der Waals surface area contributed by atoms with E-state index in [0.717, 1.165) is 11.1 Å². The Hall–Kier alpha value is -2.40. The number of nitro benzene ring substituents is 1. The Labute approximate surface area is 145 Å². The summed E-state index contributed by atoms with van der Waals surface area (Å²) in [5.74, 6) is -0.422. The molecule has 0 saturated carbocycles. The van der Waals surface area contributed by atoms with E-state index in [-0.39, 0.29) is 22.3 Å². The van der Waals surface area contributed by atoms with E-state index in [0.29, 0.717) is 6.42 Å². The van der Waals surface area contributed by atoms with Crippen LogP contribution in [0.1, 0.15) is 46.4 Å². The fourth-order valence-corrected chi connectivity index (χ4v) is 2.64. The number of benzene rings is 2. The molecule has 126 valence electrons. The van der Waals surface area contributed by atoms with E-state index in [2.05, 4.69) is 5.32 Å². The molecule has 5 nitrogen and oxygen atoms in total. The number of carbonyl (C=O) groups is 1. The van der Waals surface area contributed by atoms with Crippen LogP contribution in [0.25, 0.3) is 0 Å². The molecular formula is C18H19ClN2O3. The number of halogens is 1. The first-order valence-electron chi connectivity index (χ1n) is 7.65. The summed E-state index contributed by atoms with van der Waals surface area (Å²) in [4.78, 5) is 22.9. The summed E-state index contributed by atoms with van der Waals surface area (Å²) in [6, 6.07) is 9.69. The average molecular weight is 347 g/mol. The number of nitrogens with zero attached hydrogens (tertiary/aromatic N) is 1. The van der Waals surface area contributed by atoms with Gasteiger partial charge in [0.05, 0.1) is 21.6 Å². The van der Waals surface area contributed by atoms with Gasteiger partial charge in [0, 0.05) is 12.1 Å². The summed E-state index contributed by atoms with van der Waals surface area (Å²) in [6.45, 7) is 6.02. The van der Waals surface area contributed by atoms with Crippen LogP contribution in [0.2, 0.25) is 5.02 Å². The van der Waals surface area contributed by atoms with Crippen molar-refractivity contribution >= 4 is 23.2 Å². The van der Waals surface area contributed by atoms with Crippen molar-refractivity contribution in [3.05, 3.63) is 73.8 Å². The fourth-order valence-electron chi connectivity index (χ4n) is 2.44. The molecule has 24 heavy (non-hydrogen) atoms. The van der Waals surface area contributed by atoms with Crippen molar-refractivity contribution in [2.45, 2.75) is 33.2 Å². The van der Waals surface area contributed by atoms with Crippen molar-refractivity contribution in [2.75, 3.05) is 0 Å². The normalized spacial score (nSPS) is 11.8. The minimum absolute atomic E-state index is 0.105. The fraction of sp³-hybridized carbons (Fsp3) is 0.278. The maximum atomic E-state index is 12.5. The third kappa shape index (κ3) is 3.92. The quantitative estimate of drug-likeness (QED) is 0.627. The van der Waals surface area contributed by atoms with Crippen LogP contribution in [0.4, 0.5) is 5.69 Å². The topological polar surface area (TPSA) is 72.2 Å². The summed E-state index contributed by atoms with van der Waals surface area (Å²) in [5.41, 5.74) is 3.27. The lowest BCUT2D eigenvalue weighted by Gasteiger charge is -2.19. The zero-order valence-electron chi connectivity index (χ0n) is 13.8. The number of aryl methyl sites for hydroxylation is 2. The van der Waals surface area contributed by atoms with Gasteiger partial charge in [0.1, 0.15) is 0 Å². The molecule has 0 heterocycles. The zero-order chi connectivity index (χ0) is 17.9. The Morgan fingerprint density at radius 1 is 1.21 bits per heavy atom. The molecule has 0 aromatic heterocycles. The summed E-state index contributed by atoms with van der Waals surface area (Å²) >= 11 is 6.03. The van der Waals surface area contributed by atoms with E-state index in [4.69, 9.17) is 11.6 Å². The van der Waals surface area contributed by atoms with Gasteiger partial charge in [0.15, 0.2) is 0 Å². The van der Waals surface area contributed by atoms with Crippen LogP contribution in [0, 0.1) is 24.0 Å².